The molecular weight excluding hydrogens is 631 g/mol. The van der Waals surface area contributed by atoms with Crippen molar-refractivity contribution in [2.75, 3.05) is 23.8 Å². The van der Waals surface area contributed by atoms with E-state index in [0.29, 0.717) is 12.1 Å². The van der Waals surface area contributed by atoms with Gasteiger partial charge < -0.3 is 16.0 Å². The van der Waals surface area contributed by atoms with Gasteiger partial charge >= 0.3 is 0 Å². The van der Waals surface area contributed by atoms with Crippen LogP contribution in [-0.2, 0) is 11.0 Å². The molecule has 0 radical (unpaired) electrons. The Kier molecular flexibility index (Phi) is 15.5. The number of nitrogens with zero attached hydrogens (tertiary/aromatic N) is 1. The number of anilines is 1. The number of unbranched alkanes of at least 4 members (excludes halogenated alkanes) is 3. The number of amides is 1. The standard InChI is InChI=1S/C44H65N4OP/c1-4-7-30-50(31-8-5-2,32-9-6-3)34-35-24-28-41(29-25-35)45-43(49)42(38-27-26-36-18-16-17-19-37(36)33-38)48-44(46-39-20-12-10-13-21-39)47-40-22-14-11-15-23-40/h16-19,24-29,33,39-40,42H,4-15,20-23,30-32,34H2,1-3H3,(H2-,45,46,47,48,49)/p+1. The molecule has 1 unspecified atom stereocenters. The van der Waals surface area contributed by atoms with Gasteiger partial charge in [0.2, 0.25) is 0 Å². The van der Waals surface area contributed by atoms with Gasteiger partial charge in [0, 0.05) is 19.0 Å². The Bertz CT molecular complexity index is 1450. The Morgan fingerprint density at radius 2 is 1.34 bits per heavy atom. The molecule has 0 aliphatic heterocycles. The zero-order chi connectivity index (χ0) is 35.0. The third kappa shape index (κ3) is 11.6. The van der Waals surface area contributed by atoms with Crippen LogP contribution in [0.5, 0.6) is 0 Å². The molecule has 272 valence electrons. The predicted octanol–water partition coefficient (Wildman–Crippen LogP) is 11.6. The van der Waals surface area contributed by atoms with Crippen molar-refractivity contribution < 1.29 is 4.79 Å². The second-order valence-corrected chi connectivity index (χ2v) is 19.7. The minimum absolute atomic E-state index is 0.0505. The molecule has 2 saturated carbocycles. The largest absolute Gasteiger partial charge is 0.354 e. The van der Waals surface area contributed by atoms with E-state index in [9.17, 15) is 4.79 Å². The highest BCUT2D eigenvalue weighted by molar-refractivity contribution is 7.75. The van der Waals surface area contributed by atoms with E-state index in [1.165, 1.54) is 113 Å². The lowest BCUT2D eigenvalue weighted by molar-refractivity contribution is -0.118. The van der Waals surface area contributed by atoms with Crippen LogP contribution in [0.2, 0.25) is 0 Å². The van der Waals surface area contributed by atoms with Crippen molar-refractivity contribution >= 4 is 35.6 Å². The molecule has 1 amide bonds. The molecule has 3 N–H and O–H groups in total. The Morgan fingerprint density at radius 1 is 0.740 bits per heavy atom. The molecule has 3 aromatic carbocycles. The molecule has 2 aliphatic carbocycles. The van der Waals surface area contributed by atoms with Gasteiger partial charge in [0.25, 0.3) is 5.91 Å². The van der Waals surface area contributed by atoms with Crippen LogP contribution >= 0.6 is 7.26 Å². The first-order chi connectivity index (χ1) is 24.5. The monoisotopic (exact) mass is 697 g/mol. The first-order valence-corrected chi connectivity index (χ1v) is 22.9. The molecule has 50 heavy (non-hydrogen) atoms. The van der Waals surface area contributed by atoms with Crippen LogP contribution in [0.1, 0.15) is 141 Å². The van der Waals surface area contributed by atoms with Crippen molar-refractivity contribution in [2.45, 2.75) is 148 Å². The average Bonchev–Trinajstić information content (AvgIpc) is 3.15. The summed E-state index contributed by atoms with van der Waals surface area (Å²) in [4.78, 5) is 19.7. The first-order valence-electron chi connectivity index (χ1n) is 20.4. The van der Waals surface area contributed by atoms with Gasteiger partial charge in [0.15, 0.2) is 5.96 Å². The Balaban J connectivity index is 1.38. The molecule has 3 aromatic rings. The summed E-state index contributed by atoms with van der Waals surface area (Å²) in [6.45, 7) is 7.01. The second kappa shape index (κ2) is 20.2. The molecule has 2 fully saturated rings. The molecule has 2 aliphatic rings. The van der Waals surface area contributed by atoms with Gasteiger partial charge in [0.05, 0.1) is 30.7 Å². The maximum absolute atomic E-state index is 14.4. The Hall–Kier alpha value is -2.91. The lowest BCUT2D eigenvalue weighted by Gasteiger charge is -2.29. The Morgan fingerprint density at radius 3 is 1.96 bits per heavy atom. The highest BCUT2D eigenvalue weighted by Gasteiger charge is 2.35. The minimum atomic E-state index is -1.05. The number of nitrogens with one attached hydrogen (secondary N) is 3. The number of hydrogen-bond acceptors (Lipinski definition) is 2. The zero-order valence-corrected chi connectivity index (χ0v) is 32.4. The number of aliphatic imine (C=N–C) groups is 1. The molecular formula is C44H66N4OP+. The fraction of sp³-hybridized carbons (Fsp3) is 0.591. The number of carbonyl (C=O) groups excluding carboxylic acids is 1. The van der Waals surface area contributed by atoms with E-state index in [1.54, 1.807) is 0 Å². The smallest absolute Gasteiger partial charge is 0.251 e. The lowest BCUT2D eigenvalue weighted by atomic mass is 9.95. The van der Waals surface area contributed by atoms with E-state index in [-0.39, 0.29) is 5.91 Å². The van der Waals surface area contributed by atoms with Crippen LogP contribution in [0.25, 0.3) is 10.8 Å². The highest BCUT2D eigenvalue weighted by Crippen LogP contribution is 2.63. The third-order valence-electron chi connectivity index (χ3n) is 11.2. The van der Waals surface area contributed by atoms with Crippen molar-refractivity contribution in [2.24, 2.45) is 4.99 Å². The normalized spacial score (nSPS) is 17.1. The fourth-order valence-corrected chi connectivity index (χ4v) is 13.2. The van der Waals surface area contributed by atoms with Gasteiger partial charge in [-0.3, -0.25) is 4.79 Å². The van der Waals surface area contributed by atoms with Crippen LogP contribution in [0.15, 0.2) is 71.7 Å². The van der Waals surface area contributed by atoms with E-state index >= 15 is 0 Å². The van der Waals surface area contributed by atoms with Gasteiger partial charge in [-0.05, 0) is 85.0 Å². The van der Waals surface area contributed by atoms with Gasteiger partial charge in [-0.15, -0.1) is 0 Å². The fourth-order valence-electron chi connectivity index (χ4n) is 8.12. The summed E-state index contributed by atoms with van der Waals surface area (Å²) in [5, 5.41) is 13.1. The van der Waals surface area contributed by atoms with Crippen LogP contribution in [0.3, 0.4) is 0 Å². The number of carbonyl (C=O) groups is 1. The topological polar surface area (TPSA) is 65.5 Å². The summed E-state index contributed by atoms with van der Waals surface area (Å²) >= 11 is 0. The summed E-state index contributed by atoms with van der Waals surface area (Å²) < 4.78 is 0. The average molecular weight is 698 g/mol. The molecule has 0 heterocycles. The molecule has 6 heteroatoms. The lowest BCUT2D eigenvalue weighted by Crippen LogP contribution is -2.48. The molecule has 0 saturated heterocycles. The van der Waals surface area contributed by atoms with Crippen LogP contribution in [0, 0.1) is 0 Å². The molecule has 1 atom stereocenters. The van der Waals surface area contributed by atoms with E-state index < -0.39 is 13.3 Å². The molecule has 0 bridgehead atoms. The number of rotatable bonds is 17. The summed E-state index contributed by atoms with van der Waals surface area (Å²) in [5.41, 5.74) is 3.25. The van der Waals surface area contributed by atoms with Crippen molar-refractivity contribution in [3.8, 4) is 0 Å². The van der Waals surface area contributed by atoms with Crippen molar-refractivity contribution in [1.82, 2.24) is 10.6 Å². The number of guanidine groups is 1. The summed E-state index contributed by atoms with van der Waals surface area (Å²) in [6, 6.07) is 23.8. The second-order valence-electron chi connectivity index (χ2n) is 15.4. The molecule has 5 nitrogen and oxygen atoms in total. The molecule has 0 aromatic heterocycles. The number of benzene rings is 3. The van der Waals surface area contributed by atoms with E-state index in [4.69, 9.17) is 4.99 Å². The maximum Gasteiger partial charge on any atom is 0.251 e. The van der Waals surface area contributed by atoms with Gasteiger partial charge in [-0.25, -0.2) is 4.99 Å². The van der Waals surface area contributed by atoms with Crippen molar-refractivity contribution in [1.29, 1.82) is 0 Å². The quantitative estimate of drug-likeness (QED) is 0.0747. The van der Waals surface area contributed by atoms with Gasteiger partial charge in [-0.2, -0.15) is 0 Å². The van der Waals surface area contributed by atoms with Crippen LogP contribution in [0.4, 0.5) is 5.69 Å². The minimum Gasteiger partial charge on any atom is -0.354 e. The molecule has 5 rings (SSSR count). The van der Waals surface area contributed by atoms with Crippen LogP contribution < -0.4 is 16.0 Å². The van der Waals surface area contributed by atoms with E-state index in [0.717, 1.165) is 48.3 Å². The predicted molar refractivity (Wildman–Crippen MR) is 219 cm³/mol. The maximum atomic E-state index is 14.4. The zero-order valence-electron chi connectivity index (χ0n) is 31.5. The van der Waals surface area contributed by atoms with Crippen LogP contribution in [-0.4, -0.2) is 42.4 Å². The molecule has 0 spiro atoms. The Labute approximate surface area is 304 Å². The number of fused-ring (bicyclic) bond motifs is 1. The summed E-state index contributed by atoms with van der Waals surface area (Å²) in [5.74, 6) is 0.740. The first kappa shape index (κ1) is 38.3. The highest BCUT2D eigenvalue weighted by atomic mass is 31.2. The van der Waals surface area contributed by atoms with Gasteiger partial charge in [0.1, 0.15) is 6.04 Å². The van der Waals surface area contributed by atoms with Crippen molar-refractivity contribution in [3.63, 3.8) is 0 Å². The van der Waals surface area contributed by atoms with Gasteiger partial charge in [-0.1, -0.05) is 127 Å². The number of hydrogen-bond donors (Lipinski definition) is 3. The van der Waals surface area contributed by atoms with E-state index in [1.807, 2.05) is 0 Å². The third-order valence-corrected chi connectivity index (χ3v) is 16.0. The summed E-state index contributed by atoms with van der Waals surface area (Å²) in [7, 11) is -1.05. The SMILES string of the molecule is CCCC[P+](CCCC)(CCCC)Cc1ccc(NC(=O)C(NC(=NC2CCCCC2)NC2CCCCC2)c2ccc3ccccc3c2)cc1. The van der Waals surface area contributed by atoms with Crippen molar-refractivity contribution in [3.05, 3.63) is 77.9 Å². The summed E-state index contributed by atoms with van der Waals surface area (Å²) in [6.07, 6.45) is 25.5. The van der Waals surface area contributed by atoms with E-state index in [2.05, 4.69) is 103 Å².